The summed E-state index contributed by atoms with van der Waals surface area (Å²) in [6.45, 7) is 0.449. The van der Waals surface area contributed by atoms with Gasteiger partial charge in [-0.05, 0) is 36.1 Å². The van der Waals surface area contributed by atoms with E-state index in [9.17, 15) is 9.18 Å². The monoisotopic (exact) mass is 405 g/mol. The van der Waals surface area contributed by atoms with Gasteiger partial charge in [-0.1, -0.05) is 41.4 Å². The van der Waals surface area contributed by atoms with E-state index in [0.717, 1.165) is 23.3 Å². The van der Waals surface area contributed by atoms with Crippen molar-refractivity contribution in [1.29, 1.82) is 0 Å². The van der Waals surface area contributed by atoms with Crippen LogP contribution >= 0.6 is 23.2 Å². The molecule has 27 heavy (non-hydrogen) atoms. The number of hydrogen-bond donors (Lipinski definition) is 1. The number of nitrogens with one attached hydrogen (secondary N) is 1. The maximum atomic E-state index is 13.8. The first-order chi connectivity index (χ1) is 13.0. The smallest absolute Gasteiger partial charge is 0.223 e. The Kier molecular flexibility index (Phi) is 4.82. The minimum Gasteiger partial charge on any atom is -0.355 e. The Morgan fingerprint density at radius 1 is 1.30 bits per heavy atom. The summed E-state index contributed by atoms with van der Waals surface area (Å²) < 4.78 is 15.7. The number of para-hydroxylation sites is 1. The molecule has 0 unspecified atom stereocenters. The molecule has 2 atom stereocenters. The normalized spacial score (nSPS) is 18.7. The van der Waals surface area contributed by atoms with Gasteiger partial charge >= 0.3 is 0 Å². The average molecular weight is 406 g/mol. The van der Waals surface area contributed by atoms with E-state index >= 15 is 0 Å². The highest BCUT2D eigenvalue weighted by molar-refractivity contribution is 6.42. The number of carbonyl (C=O) groups excluding carboxylic acids is 1. The van der Waals surface area contributed by atoms with Gasteiger partial charge in [0.15, 0.2) is 5.82 Å². The Bertz CT molecular complexity index is 1030. The Morgan fingerprint density at radius 2 is 2.07 bits per heavy atom. The zero-order valence-electron chi connectivity index (χ0n) is 14.7. The SMILES string of the molecule is Cn1c(CCNC(=O)[C@H]2C[C@H]2c2cccc(Cl)c2Cl)nc2c(F)cccc21. The Labute approximate surface area is 166 Å². The molecule has 1 aromatic heterocycles. The number of hydrogen-bond acceptors (Lipinski definition) is 2. The van der Waals surface area contributed by atoms with Gasteiger partial charge in [0, 0.05) is 25.9 Å². The third-order valence-corrected chi connectivity index (χ3v) is 5.94. The molecule has 3 aromatic rings. The highest BCUT2D eigenvalue weighted by Gasteiger charge is 2.44. The van der Waals surface area contributed by atoms with Gasteiger partial charge in [0.25, 0.3) is 0 Å². The maximum Gasteiger partial charge on any atom is 0.223 e. The fourth-order valence-corrected chi connectivity index (χ4v) is 3.96. The molecule has 0 saturated heterocycles. The largest absolute Gasteiger partial charge is 0.355 e. The van der Waals surface area contributed by atoms with E-state index in [2.05, 4.69) is 10.3 Å². The summed E-state index contributed by atoms with van der Waals surface area (Å²) in [4.78, 5) is 16.8. The first-order valence-corrected chi connectivity index (χ1v) is 9.54. The minimum atomic E-state index is -0.336. The Morgan fingerprint density at radius 3 is 2.85 bits per heavy atom. The summed E-state index contributed by atoms with van der Waals surface area (Å²) in [5, 5.41) is 3.99. The number of imidazole rings is 1. The van der Waals surface area contributed by atoms with Crippen LogP contribution in [0.25, 0.3) is 11.0 Å². The molecule has 1 aliphatic rings. The average Bonchev–Trinajstić information content (AvgIpc) is 3.38. The predicted octanol–water partition coefficient (Wildman–Crippen LogP) is 4.48. The highest BCUT2D eigenvalue weighted by atomic mass is 35.5. The van der Waals surface area contributed by atoms with Crippen LogP contribution in [0.5, 0.6) is 0 Å². The van der Waals surface area contributed by atoms with Crippen LogP contribution in [0.3, 0.4) is 0 Å². The molecular formula is C20H18Cl2FN3O. The summed E-state index contributed by atoms with van der Waals surface area (Å²) in [5.41, 5.74) is 2.03. The molecule has 1 N–H and O–H groups in total. The molecule has 1 aliphatic carbocycles. The number of fused-ring (bicyclic) bond motifs is 1. The predicted molar refractivity (Wildman–Crippen MR) is 105 cm³/mol. The quantitative estimate of drug-likeness (QED) is 0.679. The summed E-state index contributed by atoms with van der Waals surface area (Å²) in [6.07, 6.45) is 1.30. The molecule has 0 radical (unpaired) electrons. The molecule has 140 valence electrons. The van der Waals surface area contributed by atoms with E-state index in [-0.39, 0.29) is 23.6 Å². The van der Waals surface area contributed by atoms with Crippen molar-refractivity contribution in [2.45, 2.75) is 18.8 Å². The van der Waals surface area contributed by atoms with Gasteiger partial charge in [-0.3, -0.25) is 4.79 Å². The van der Waals surface area contributed by atoms with Gasteiger partial charge in [-0.15, -0.1) is 0 Å². The zero-order valence-corrected chi connectivity index (χ0v) is 16.2. The van der Waals surface area contributed by atoms with E-state index in [0.29, 0.717) is 28.5 Å². The second-order valence-corrected chi connectivity index (χ2v) is 7.61. The maximum absolute atomic E-state index is 13.8. The molecule has 0 aliphatic heterocycles. The lowest BCUT2D eigenvalue weighted by Gasteiger charge is -2.07. The van der Waals surface area contributed by atoms with Crippen molar-refractivity contribution in [1.82, 2.24) is 14.9 Å². The molecule has 4 rings (SSSR count). The van der Waals surface area contributed by atoms with Crippen LogP contribution in [0.4, 0.5) is 4.39 Å². The van der Waals surface area contributed by atoms with Crippen molar-refractivity contribution < 1.29 is 9.18 Å². The lowest BCUT2D eigenvalue weighted by atomic mass is 10.1. The van der Waals surface area contributed by atoms with Gasteiger partial charge in [0.2, 0.25) is 5.91 Å². The second kappa shape index (κ2) is 7.13. The van der Waals surface area contributed by atoms with Gasteiger partial charge in [0.05, 0.1) is 15.6 Å². The number of halogens is 3. The Balaban J connectivity index is 1.36. The topological polar surface area (TPSA) is 46.9 Å². The summed E-state index contributed by atoms with van der Waals surface area (Å²) >= 11 is 12.3. The number of aryl methyl sites for hydroxylation is 1. The van der Waals surface area contributed by atoms with E-state index in [4.69, 9.17) is 23.2 Å². The third-order valence-electron chi connectivity index (χ3n) is 5.11. The summed E-state index contributed by atoms with van der Waals surface area (Å²) in [5.74, 6) is 0.430. The van der Waals surface area contributed by atoms with Crippen LogP contribution in [0, 0.1) is 11.7 Å². The van der Waals surface area contributed by atoms with Crippen LogP contribution in [0.1, 0.15) is 23.7 Å². The number of aromatic nitrogens is 2. The van der Waals surface area contributed by atoms with Gasteiger partial charge in [-0.2, -0.15) is 0 Å². The highest BCUT2D eigenvalue weighted by Crippen LogP contribution is 2.50. The molecule has 0 bridgehead atoms. The van der Waals surface area contributed by atoms with Crippen LogP contribution in [0.15, 0.2) is 36.4 Å². The van der Waals surface area contributed by atoms with Crippen molar-refractivity contribution in [3.63, 3.8) is 0 Å². The molecule has 4 nitrogen and oxygen atoms in total. The van der Waals surface area contributed by atoms with E-state index < -0.39 is 0 Å². The van der Waals surface area contributed by atoms with E-state index in [1.54, 1.807) is 12.1 Å². The lowest BCUT2D eigenvalue weighted by molar-refractivity contribution is -0.122. The van der Waals surface area contributed by atoms with Gasteiger partial charge < -0.3 is 9.88 Å². The molecule has 1 saturated carbocycles. The summed E-state index contributed by atoms with van der Waals surface area (Å²) in [7, 11) is 1.85. The van der Waals surface area contributed by atoms with Crippen molar-refractivity contribution in [2.75, 3.05) is 6.54 Å². The molecule has 1 heterocycles. The van der Waals surface area contributed by atoms with Gasteiger partial charge in [-0.25, -0.2) is 9.37 Å². The number of rotatable bonds is 5. The molecular weight excluding hydrogens is 388 g/mol. The molecule has 1 fully saturated rings. The standard InChI is InChI=1S/C20H18Cl2FN3O/c1-26-16-7-3-6-15(23)19(16)25-17(26)8-9-24-20(27)13-10-12(13)11-4-2-5-14(21)18(11)22/h2-7,12-13H,8-10H2,1H3,(H,24,27)/t12-,13-/m0/s1. The van der Waals surface area contributed by atoms with Crippen LogP contribution in [-0.2, 0) is 18.3 Å². The fourth-order valence-electron chi connectivity index (χ4n) is 3.52. The van der Waals surface area contributed by atoms with Crippen molar-refractivity contribution in [2.24, 2.45) is 13.0 Å². The van der Waals surface area contributed by atoms with E-state index in [1.165, 1.54) is 6.07 Å². The molecule has 1 amide bonds. The zero-order chi connectivity index (χ0) is 19.1. The lowest BCUT2D eigenvalue weighted by Crippen LogP contribution is -2.28. The van der Waals surface area contributed by atoms with Crippen molar-refractivity contribution in [3.05, 3.63) is 63.6 Å². The van der Waals surface area contributed by atoms with Crippen LogP contribution < -0.4 is 5.32 Å². The molecule has 0 spiro atoms. The number of carbonyl (C=O) groups is 1. The van der Waals surface area contributed by atoms with Crippen molar-refractivity contribution in [3.8, 4) is 0 Å². The number of amides is 1. The first kappa shape index (κ1) is 18.3. The number of benzene rings is 2. The molecule has 2 aromatic carbocycles. The van der Waals surface area contributed by atoms with Gasteiger partial charge in [0.1, 0.15) is 11.3 Å². The fraction of sp³-hybridized carbons (Fsp3) is 0.300. The van der Waals surface area contributed by atoms with Crippen LogP contribution in [-0.4, -0.2) is 22.0 Å². The molecule has 7 heteroatoms. The number of nitrogens with zero attached hydrogens (tertiary/aromatic N) is 2. The summed E-state index contributed by atoms with van der Waals surface area (Å²) in [6, 6.07) is 10.4. The Hall–Kier alpha value is -2.11. The van der Waals surface area contributed by atoms with Crippen molar-refractivity contribution >= 4 is 40.1 Å². The third kappa shape index (κ3) is 3.42. The van der Waals surface area contributed by atoms with E-state index in [1.807, 2.05) is 29.8 Å². The first-order valence-electron chi connectivity index (χ1n) is 8.79. The van der Waals surface area contributed by atoms with Crippen LogP contribution in [0.2, 0.25) is 10.0 Å². The second-order valence-electron chi connectivity index (χ2n) is 6.83. The minimum absolute atomic E-state index is 0.000914.